The number of carbonyl (C=O) groups excluding carboxylic acids is 2. The van der Waals surface area contributed by atoms with E-state index < -0.39 is 4.92 Å². The average Bonchev–Trinajstić information content (AvgIpc) is 3.31. The van der Waals surface area contributed by atoms with Crippen molar-refractivity contribution in [2.24, 2.45) is 0 Å². The summed E-state index contributed by atoms with van der Waals surface area (Å²) in [6, 6.07) is 14.0. The van der Waals surface area contributed by atoms with Gasteiger partial charge in [0.25, 0.3) is 5.91 Å². The van der Waals surface area contributed by atoms with Crippen LogP contribution < -0.4 is 15.5 Å². The number of aromatic nitrogens is 2. The number of aryl methyl sites for hydroxylation is 1. The molecule has 2 heterocycles. The average molecular weight is 434 g/mol. The van der Waals surface area contributed by atoms with Gasteiger partial charge in [-0.1, -0.05) is 12.1 Å². The third-order valence-electron chi connectivity index (χ3n) is 5.37. The quantitative estimate of drug-likeness (QED) is 0.455. The van der Waals surface area contributed by atoms with E-state index in [1.165, 1.54) is 0 Å². The number of nitrogens with zero attached hydrogens (tertiary/aromatic N) is 4. The van der Waals surface area contributed by atoms with Gasteiger partial charge < -0.3 is 10.6 Å². The van der Waals surface area contributed by atoms with Crippen molar-refractivity contribution in [3.8, 4) is 0 Å². The number of benzene rings is 2. The predicted molar refractivity (Wildman–Crippen MR) is 119 cm³/mol. The Hall–Kier alpha value is -4.21. The number of amides is 3. The molecule has 0 bridgehead atoms. The highest BCUT2D eigenvalue weighted by Gasteiger charge is 2.22. The van der Waals surface area contributed by atoms with Crippen LogP contribution in [0.4, 0.5) is 21.9 Å². The van der Waals surface area contributed by atoms with Crippen molar-refractivity contribution in [3.05, 3.63) is 81.2 Å². The Balaban J connectivity index is 1.41. The second-order valence-corrected chi connectivity index (χ2v) is 7.52. The Bertz CT molecular complexity index is 1180. The number of hydrogen-bond donors (Lipinski definition) is 2. The van der Waals surface area contributed by atoms with Crippen LogP contribution in [-0.2, 0) is 6.54 Å². The molecule has 3 aromatic rings. The summed E-state index contributed by atoms with van der Waals surface area (Å²) in [6.07, 6.45) is 0. The Labute approximate surface area is 184 Å². The standard InChI is InChI=1S/C22H22N6O4/c1-14-20(28(31)32)15(2)27(25-14)13-16-3-5-17(6-4-16)21(29)24-18-7-9-19(10-8-18)26-12-11-23-22(26)30/h3-10H,11-13H2,1-2H3,(H,23,30)(H,24,29). The molecule has 2 N–H and O–H groups in total. The van der Waals surface area contributed by atoms with Gasteiger partial charge in [-0.3, -0.25) is 24.5 Å². The van der Waals surface area contributed by atoms with Crippen LogP contribution in [0.2, 0.25) is 0 Å². The molecule has 1 aliphatic rings. The summed E-state index contributed by atoms with van der Waals surface area (Å²) in [5.41, 5.74) is 3.64. The van der Waals surface area contributed by atoms with Crippen LogP contribution in [0.25, 0.3) is 0 Å². The first-order valence-electron chi connectivity index (χ1n) is 10.1. The van der Waals surface area contributed by atoms with Gasteiger partial charge in [-0.25, -0.2) is 4.79 Å². The molecule has 10 nitrogen and oxygen atoms in total. The fraction of sp³-hybridized carbons (Fsp3) is 0.227. The molecule has 4 rings (SSSR count). The molecule has 1 aromatic heterocycles. The fourth-order valence-electron chi connectivity index (χ4n) is 3.69. The number of nitrogens with one attached hydrogen (secondary N) is 2. The number of rotatable bonds is 6. The smallest absolute Gasteiger partial charge is 0.321 e. The normalized spacial score (nSPS) is 13.2. The predicted octanol–water partition coefficient (Wildman–Crippen LogP) is 3.24. The van der Waals surface area contributed by atoms with Crippen LogP contribution in [0.1, 0.15) is 27.3 Å². The van der Waals surface area contributed by atoms with Crippen LogP contribution in [0.5, 0.6) is 0 Å². The lowest BCUT2D eigenvalue weighted by Gasteiger charge is -2.14. The van der Waals surface area contributed by atoms with Gasteiger partial charge in [-0.05, 0) is 55.8 Å². The Morgan fingerprint density at radius 1 is 1.16 bits per heavy atom. The molecule has 0 spiro atoms. The van der Waals surface area contributed by atoms with Crippen molar-refractivity contribution in [1.29, 1.82) is 0 Å². The molecule has 1 aliphatic heterocycles. The summed E-state index contributed by atoms with van der Waals surface area (Å²) < 4.78 is 1.59. The minimum absolute atomic E-state index is 0.0253. The lowest BCUT2D eigenvalue weighted by molar-refractivity contribution is -0.386. The molecular formula is C22H22N6O4. The molecule has 1 saturated heterocycles. The van der Waals surface area contributed by atoms with Gasteiger partial charge in [0.2, 0.25) is 0 Å². The van der Waals surface area contributed by atoms with E-state index >= 15 is 0 Å². The summed E-state index contributed by atoms with van der Waals surface area (Å²) in [5.74, 6) is -0.259. The topological polar surface area (TPSA) is 122 Å². The van der Waals surface area contributed by atoms with Gasteiger partial charge in [0.1, 0.15) is 11.4 Å². The van der Waals surface area contributed by atoms with E-state index in [0.717, 1.165) is 11.3 Å². The van der Waals surface area contributed by atoms with Crippen molar-refractivity contribution in [1.82, 2.24) is 15.1 Å². The second-order valence-electron chi connectivity index (χ2n) is 7.52. The van der Waals surface area contributed by atoms with Gasteiger partial charge in [-0.15, -0.1) is 0 Å². The van der Waals surface area contributed by atoms with Crippen molar-refractivity contribution in [2.75, 3.05) is 23.3 Å². The molecule has 1 fully saturated rings. The number of nitro groups is 1. The second kappa shape index (κ2) is 8.50. The van der Waals surface area contributed by atoms with Gasteiger partial charge in [-0.2, -0.15) is 5.10 Å². The molecule has 0 radical (unpaired) electrons. The molecule has 10 heteroatoms. The zero-order chi connectivity index (χ0) is 22.8. The number of urea groups is 1. The van der Waals surface area contributed by atoms with E-state index in [2.05, 4.69) is 15.7 Å². The maximum atomic E-state index is 12.6. The van der Waals surface area contributed by atoms with E-state index in [1.54, 1.807) is 72.0 Å². The fourth-order valence-corrected chi connectivity index (χ4v) is 3.69. The van der Waals surface area contributed by atoms with E-state index in [-0.39, 0.29) is 17.6 Å². The van der Waals surface area contributed by atoms with Crippen molar-refractivity contribution < 1.29 is 14.5 Å². The van der Waals surface area contributed by atoms with Crippen molar-refractivity contribution in [3.63, 3.8) is 0 Å². The van der Waals surface area contributed by atoms with E-state index in [9.17, 15) is 19.7 Å². The molecule has 0 unspecified atom stereocenters. The third kappa shape index (κ3) is 4.15. The largest absolute Gasteiger partial charge is 0.336 e. The number of hydrogen-bond acceptors (Lipinski definition) is 5. The highest BCUT2D eigenvalue weighted by atomic mass is 16.6. The minimum Gasteiger partial charge on any atom is -0.336 e. The summed E-state index contributed by atoms with van der Waals surface area (Å²) >= 11 is 0. The summed E-state index contributed by atoms with van der Waals surface area (Å²) in [7, 11) is 0. The van der Waals surface area contributed by atoms with E-state index in [0.29, 0.717) is 42.3 Å². The molecular weight excluding hydrogens is 412 g/mol. The van der Waals surface area contributed by atoms with Crippen LogP contribution in [0.15, 0.2) is 48.5 Å². The SMILES string of the molecule is Cc1nn(Cc2ccc(C(=O)Nc3ccc(N4CCNC4=O)cc3)cc2)c(C)c1[N+](=O)[O-]. The highest BCUT2D eigenvalue weighted by molar-refractivity contribution is 6.04. The first-order valence-corrected chi connectivity index (χ1v) is 10.1. The number of anilines is 2. The van der Waals surface area contributed by atoms with Gasteiger partial charge in [0, 0.05) is 30.0 Å². The monoisotopic (exact) mass is 434 g/mol. The number of carbonyl (C=O) groups is 2. The zero-order valence-corrected chi connectivity index (χ0v) is 17.7. The first kappa shape index (κ1) is 21.0. The molecule has 2 aromatic carbocycles. The molecule has 0 saturated carbocycles. The maximum Gasteiger partial charge on any atom is 0.321 e. The Kier molecular flexibility index (Phi) is 5.59. The van der Waals surface area contributed by atoms with Crippen molar-refractivity contribution in [2.45, 2.75) is 20.4 Å². The summed E-state index contributed by atoms with van der Waals surface area (Å²) in [4.78, 5) is 36.7. The Morgan fingerprint density at radius 3 is 2.41 bits per heavy atom. The molecule has 0 aliphatic carbocycles. The minimum atomic E-state index is -0.423. The van der Waals surface area contributed by atoms with Gasteiger partial charge >= 0.3 is 11.7 Å². The molecule has 32 heavy (non-hydrogen) atoms. The molecule has 0 atom stereocenters. The highest BCUT2D eigenvalue weighted by Crippen LogP contribution is 2.23. The Morgan fingerprint density at radius 2 is 1.84 bits per heavy atom. The lowest BCUT2D eigenvalue weighted by atomic mass is 10.1. The van der Waals surface area contributed by atoms with Gasteiger partial charge in [0.05, 0.1) is 11.5 Å². The van der Waals surface area contributed by atoms with Crippen LogP contribution in [0.3, 0.4) is 0 Å². The van der Waals surface area contributed by atoms with Crippen LogP contribution in [-0.4, -0.2) is 39.7 Å². The summed E-state index contributed by atoms with van der Waals surface area (Å²) in [5, 5.41) is 21.0. The molecule has 3 amide bonds. The van der Waals surface area contributed by atoms with Crippen molar-refractivity contribution >= 4 is 29.0 Å². The zero-order valence-electron chi connectivity index (χ0n) is 17.7. The van der Waals surface area contributed by atoms with Crippen LogP contribution in [0, 0.1) is 24.0 Å². The van der Waals surface area contributed by atoms with Gasteiger partial charge in [0.15, 0.2) is 0 Å². The molecule has 164 valence electrons. The summed E-state index contributed by atoms with van der Waals surface area (Å²) in [6.45, 7) is 4.88. The van der Waals surface area contributed by atoms with E-state index in [1.807, 2.05) is 0 Å². The first-order chi connectivity index (χ1) is 15.3. The van der Waals surface area contributed by atoms with E-state index in [4.69, 9.17) is 0 Å². The van der Waals surface area contributed by atoms with Crippen LogP contribution >= 0.6 is 0 Å². The third-order valence-corrected chi connectivity index (χ3v) is 5.37. The maximum absolute atomic E-state index is 12.6. The lowest BCUT2D eigenvalue weighted by Crippen LogP contribution is -2.27.